The highest BCUT2D eigenvalue weighted by Gasteiger charge is 2.22. The molecule has 7 heteroatoms. The van der Waals surface area contributed by atoms with E-state index in [1.54, 1.807) is 13.1 Å². The molecule has 1 aromatic heterocycles. The Morgan fingerprint density at radius 3 is 2.82 bits per heavy atom. The fourth-order valence-electron chi connectivity index (χ4n) is 1.36. The molecule has 92 valence electrons. The first kappa shape index (κ1) is 11.4. The van der Waals surface area contributed by atoms with Crippen LogP contribution in [0.2, 0.25) is 0 Å². The van der Waals surface area contributed by atoms with Gasteiger partial charge in [-0.15, -0.1) is 0 Å². The lowest BCUT2D eigenvalue weighted by atomic mass is 10.4. The van der Waals surface area contributed by atoms with Crippen molar-refractivity contribution in [1.29, 1.82) is 0 Å². The van der Waals surface area contributed by atoms with Crippen molar-refractivity contribution >= 4 is 23.5 Å². The van der Waals surface area contributed by atoms with E-state index in [1.807, 2.05) is 0 Å². The van der Waals surface area contributed by atoms with Crippen LogP contribution in [0.3, 0.4) is 0 Å². The second-order valence-corrected chi connectivity index (χ2v) is 3.94. The molecule has 0 saturated heterocycles. The summed E-state index contributed by atoms with van der Waals surface area (Å²) in [6.07, 6.45) is 2.16. The molecule has 2 rings (SSSR count). The fourth-order valence-corrected chi connectivity index (χ4v) is 1.36. The number of nitrogens with one attached hydrogen (secondary N) is 3. The van der Waals surface area contributed by atoms with Crippen molar-refractivity contribution in [2.45, 2.75) is 18.9 Å². The van der Waals surface area contributed by atoms with Crippen LogP contribution in [0.1, 0.15) is 12.8 Å². The Kier molecular flexibility index (Phi) is 3.27. The van der Waals surface area contributed by atoms with Crippen molar-refractivity contribution in [3.05, 3.63) is 6.07 Å². The van der Waals surface area contributed by atoms with Crippen LogP contribution in [0.5, 0.6) is 0 Å². The van der Waals surface area contributed by atoms with E-state index < -0.39 is 0 Å². The number of hydrogen-bond acceptors (Lipinski definition) is 6. The summed E-state index contributed by atoms with van der Waals surface area (Å²) < 4.78 is 0. The van der Waals surface area contributed by atoms with Crippen molar-refractivity contribution in [3.63, 3.8) is 0 Å². The van der Waals surface area contributed by atoms with E-state index in [-0.39, 0.29) is 18.4 Å². The minimum Gasteiger partial charge on any atom is -0.373 e. The van der Waals surface area contributed by atoms with Crippen LogP contribution >= 0.6 is 0 Å². The van der Waals surface area contributed by atoms with Gasteiger partial charge < -0.3 is 21.7 Å². The predicted molar refractivity (Wildman–Crippen MR) is 65.6 cm³/mol. The monoisotopic (exact) mass is 236 g/mol. The third-order valence-electron chi connectivity index (χ3n) is 2.37. The summed E-state index contributed by atoms with van der Waals surface area (Å²) in [4.78, 5) is 19.4. The lowest BCUT2D eigenvalue weighted by Gasteiger charge is -2.08. The second-order valence-electron chi connectivity index (χ2n) is 3.94. The van der Waals surface area contributed by atoms with Gasteiger partial charge in [0.15, 0.2) is 0 Å². The fraction of sp³-hybridized carbons (Fsp3) is 0.500. The number of carbonyl (C=O) groups is 1. The average Bonchev–Trinajstić information content (AvgIpc) is 3.09. The number of carbonyl (C=O) groups excluding carboxylic acids is 1. The number of anilines is 3. The highest BCUT2D eigenvalue weighted by molar-refractivity contribution is 5.81. The van der Waals surface area contributed by atoms with E-state index in [0.717, 1.165) is 12.8 Å². The SMILES string of the molecule is CNc1cc(NCC(=O)NC2CC2)nc(N)n1. The number of nitrogen functional groups attached to an aromatic ring is 1. The first-order valence-corrected chi connectivity index (χ1v) is 5.53. The zero-order chi connectivity index (χ0) is 12.3. The Hall–Kier alpha value is -2.05. The summed E-state index contributed by atoms with van der Waals surface area (Å²) in [6.45, 7) is 0.191. The average molecular weight is 236 g/mol. The molecule has 0 aliphatic heterocycles. The molecule has 7 nitrogen and oxygen atoms in total. The highest BCUT2D eigenvalue weighted by Crippen LogP contribution is 2.18. The predicted octanol–water partition coefficient (Wildman–Crippen LogP) is -0.209. The molecule has 1 amide bonds. The smallest absolute Gasteiger partial charge is 0.239 e. The number of rotatable bonds is 5. The highest BCUT2D eigenvalue weighted by atomic mass is 16.2. The van der Waals surface area contributed by atoms with Crippen molar-refractivity contribution in [1.82, 2.24) is 15.3 Å². The van der Waals surface area contributed by atoms with Gasteiger partial charge in [0.2, 0.25) is 11.9 Å². The van der Waals surface area contributed by atoms with Crippen molar-refractivity contribution in [3.8, 4) is 0 Å². The summed E-state index contributed by atoms with van der Waals surface area (Å²) in [5, 5.41) is 8.65. The van der Waals surface area contributed by atoms with E-state index in [4.69, 9.17) is 5.73 Å². The van der Waals surface area contributed by atoms with Crippen LogP contribution < -0.4 is 21.7 Å². The number of nitrogens with zero attached hydrogens (tertiary/aromatic N) is 2. The van der Waals surface area contributed by atoms with Crippen LogP contribution in [0, 0.1) is 0 Å². The molecule has 0 unspecified atom stereocenters. The van der Waals surface area contributed by atoms with Crippen LogP contribution in [-0.4, -0.2) is 35.5 Å². The molecule has 1 heterocycles. The Morgan fingerprint density at radius 2 is 2.18 bits per heavy atom. The van der Waals surface area contributed by atoms with Crippen LogP contribution in [0.15, 0.2) is 6.07 Å². The lowest BCUT2D eigenvalue weighted by Crippen LogP contribution is -2.31. The Balaban J connectivity index is 1.88. The maximum absolute atomic E-state index is 11.4. The molecule has 0 radical (unpaired) electrons. The molecule has 0 aromatic carbocycles. The van der Waals surface area contributed by atoms with Gasteiger partial charge in [0.1, 0.15) is 11.6 Å². The van der Waals surface area contributed by atoms with E-state index in [1.165, 1.54) is 0 Å². The van der Waals surface area contributed by atoms with Crippen LogP contribution in [0.4, 0.5) is 17.6 Å². The second kappa shape index (κ2) is 4.86. The molecule has 0 bridgehead atoms. The first-order valence-electron chi connectivity index (χ1n) is 5.53. The molecule has 1 fully saturated rings. The van der Waals surface area contributed by atoms with Crippen molar-refractivity contribution in [2.24, 2.45) is 0 Å². The van der Waals surface area contributed by atoms with Crippen LogP contribution in [0.25, 0.3) is 0 Å². The molecular weight excluding hydrogens is 220 g/mol. The Labute approximate surface area is 99.2 Å². The number of nitrogens with two attached hydrogens (primary N) is 1. The van der Waals surface area contributed by atoms with Gasteiger partial charge in [-0.05, 0) is 12.8 Å². The van der Waals surface area contributed by atoms with Gasteiger partial charge in [-0.2, -0.15) is 9.97 Å². The van der Waals surface area contributed by atoms with Gasteiger partial charge in [-0.25, -0.2) is 0 Å². The molecule has 1 aliphatic rings. The number of hydrogen-bond donors (Lipinski definition) is 4. The number of aromatic nitrogens is 2. The topological polar surface area (TPSA) is 105 Å². The van der Waals surface area contributed by atoms with Crippen LogP contribution in [-0.2, 0) is 4.79 Å². The normalized spacial score (nSPS) is 14.2. The molecule has 1 aliphatic carbocycles. The van der Waals surface area contributed by atoms with E-state index >= 15 is 0 Å². The van der Waals surface area contributed by atoms with E-state index in [0.29, 0.717) is 17.7 Å². The summed E-state index contributed by atoms with van der Waals surface area (Å²) in [5.41, 5.74) is 5.53. The van der Waals surface area contributed by atoms with Crippen molar-refractivity contribution in [2.75, 3.05) is 30.0 Å². The lowest BCUT2D eigenvalue weighted by molar-refractivity contribution is -0.119. The van der Waals surface area contributed by atoms with Gasteiger partial charge in [-0.1, -0.05) is 0 Å². The molecule has 1 saturated carbocycles. The molecule has 17 heavy (non-hydrogen) atoms. The molecule has 1 aromatic rings. The van der Waals surface area contributed by atoms with Gasteiger partial charge in [-0.3, -0.25) is 4.79 Å². The summed E-state index contributed by atoms with van der Waals surface area (Å²) >= 11 is 0. The van der Waals surface area contributed by atoms with Gasteiger partial charge in [0.05, 0.1) is 6.54 Å². The zero-order valence-corrected chi connectivity index (χ0v) is 9.66. The number of amides is 1. The molecular formula is C10H16N6O. The largest absolute Gasteiger partial charge is 0.373 e. The minimum atomic E-state index is -0.0318. The van der Waals surface area contributed by atoms with E-state index in [9.17, 15) is 4.79 Å². The summed E-state index contributed by atoms with van der Waals surface area (Å²) in [6, 6.07) is 2.06. The molecule has 0 atom stereocenters. The maximum Gasteiger partial charge on any atom is 0.239 e. The van der Waals surface area contributed by atoms with Crippen molar-refractivity contribution < 1.29 is 4.79 Å². The van der Waals surface area contributed by atoms with E-state index in [2.05, 4.69) is 25.9 Å². The quantitative estimate of drug-likeness (QED) is 0.564. The van der Waals surface area contributed by atoms with Gasteiger partial charge in [0, 0.05) is 19.2 Å². The zero-order valence-electron chi connectivity index (χ0n) is 9.66. The Morgan fingerprint density at radius 1 is 1.47 bits per heavy atom. The molecule has 5 N–H and O–H groups in total. The third-order valence-corrected chi connectivity index (χ3v) is 2.37. The maximum atomic E-state index is 11.4. The van der Waals surface area contributed by atoms with Gasteiger partial charge >= 0.3 is 0 Å². The summed E-state index contributed by atoms with van der Waals surface area (Å²) in [5.74, 6) is 1.29. The minimum absolute atomic E-state index is 0.0318. The summed E-state index contributed by atoms with van der Waals surface area (Å²) in [7, 11) is 1.74. The van der Waals surface area contributed by atoms with Gasteiger partial charge in [0.25, 0.3) is 0 Å². The third kappa shape index (κ3) is 3.47. The Bertz CT molecular complexity index is 417. The standard InChI is InChI=1S/C10H16N6O/c1-12-7-4-8(16-10(11)15-7)13-5-9(17)14-6-2-3-6/h4,6H,2-3,5H2,1H3,(H,14,17)(H4,11,12,13,15,16). The first-order chi connectivity index (χ1) is 8.17. The molecule has 0 spiro atoms.